The lowest BCUT2D eigenvalue weighted by Gasteiger charge is -2.10. The van der Waals surface area contributed by atoms with Crippen molar-refractivity contribution in [1.82, 2.24) is 0 Å². The number of halogens is 1. The largest absolute Gasteiger partial charge is 0.327 e. The van der Waals surface area contributed by atoms with E-state index in [4.69, 9.17) is 17.3 Å². The first-order valence-corrected chi connectivity index (χ1v) is 5.59. The fourth-order valence-corrected chi connectivity index (χ4v) is 1.69. The summed E-state index contributed by atoms with van der Waals surface area (Å²) in [5, 5.41) is 0.781. The van der Waals surface area contributed by atoms with E-state index in [9.17, 15) is 0 Å². The first-order valence-electron chi connectivity index (χ1n) is 5.21. The average Bonchev–Trinajstić information content (AvgIpc) is 2.16. The Labute approximate surface area is 96.9 Å². The number of aryl methyl sites for hydroxylation is 1. The molecule has 1 rings (SSSR count). The van der Waals surface area contributed by atoms with Gasteiger partial charge >= 0.3 is 0 Å². The van der Waals surface area contributed by atoms with Gasteiger partial charge in [0, 0.05) is 11.6 Å². The third kappa shape index (κ3) is 3.37. The first-order chi connectivity index (χ1) is 7.04. The minimum absolute atomic E-state index is 0.491. The van der Waals surface area contributed by atoms with Crippen LogP contribution in [0.2, 0.25) is 5.02 Å². The maximum atomic E-state index is 5.90. The van der Waals surface area contributed by atoms with E-state index in [0.29, 0.717) is 12.5 Å². The van der Waals surface area contributed by atoms with E-state index in [1.165, 1.54) is 16.7 Å². The van der Waals surface area contributed by atoms with E-state index in [1.807, 2.05) is 18.2 Å². The summed E-state index contributed by atoms with van der Waals surface area (Å²) in [4.78, 5) is 0. The molecule has 2 N–H and O–H groups in total. The van der Waals surface area contributed by atoms with E-state index in [1.54, 1.807) is 0 Å². The van der Waals surface area contributed by atoms with Crippen LogP contribution in [0.4, 0.5) is 0 Å². The topological polar surface area (TPSA) is 26.0 Å². The standard InChI is InChI=1S/C13H18ClN/c1-9(2)12(8-15)7-11-4-5-13(14)6-10(11)3/h4-7,9H,8,15H2,1-3H3/b12-7+. The van der Waals surface area contributed by atoms with Gasteiger partial charge in [-0.05, 0) is 36.1 Å². The predicted molar refractivity (Wildman–Crippen MR) is 68.1 cm³/mol. The summed E-state index contributed by atoms with van der Waals surface area (Å²) in [6, 6.07) is 5.92. The molecule has 1 nitrogen and oxygen atoms in total. The quantitative estimate of drug-likeness (QED) is 0.832. The summed E-state index contributed by atoms with van der Waals surface area (Å²) in [5.74, 6) is 0.491. The lowest BCUT2D eigenvalue weighted by Crippen LogP contribution is -2.08. The highest BCUT2D eigenvalue weighted by atomic mass is 35.5. The third-order valence-electron chi connectivity index (χ3n) is 2.55. The normalized spacial score (nSPS) is 12.3. The van der Waals surface area contributed by atoms with Crippen molar-refractivity contribution in [1.29, 1.82) is 0 Å². The molecule has 0 aliphatic carbocycles. The second-order valence-corrected chi connectivity index (χ2v) is 4.52. The highest BCUT2D eigenvalue weighted by Crippen LogP contribution is 2.19. The molecule has 0 bridgehead atoms. The Balaban J connectivity index is 3.06. The summed E-state index contributed by atoms with van der Waals surface area (Å²) >= 11 is 5.90. The van der Waals surface area contributed by atoms with Crippen molar-refractivity contribution in [2.45, 2.75) is 20.8 Å². The average molecular weight is 224 g/mol. The van der Waals surface area contributed by atoms with Crippen LogP contribution in [0.3, 0.4) is 0 Å². The van der Waals surface area contributed by atoms with Gasteiger partial charge in [0.15, 0.2) is 0 Å². The van der Waals surface area contributed by atoms with Crippen molar-refractivity contribution in [3.63, 3.8) is 0 Å². The zero-order valence-electron chi connectivity index (χ0n) is 9.55. The van der Waals surface area contributed by atoms with E-state index in [-0.39, 0.29) is 0 Å². The Morgan fingerprint density at radius 1 is 1.47 bits per heavy atom. The van der Waals surface area contributed by atoms with Gasteiger partial charge in [-0.15, -0.1) is 0 Å². The zero-order valence-corrected chi connectivity index (χ0v) is 10.3. The molecule has 82 valence electrons. The molecule has 0 saturated heterocycles. The van der Waals surface area contributed by atoms with Gasteiger partial charge in [-0.25, -0.2) is 0 Å². The highest BCUT2D eigenvalue weighted by molar-refractivity contribution is 6.30. The zero-order chi connectivity index (χ0) is 11.4. The maximum absolute atomic E-state index is 5.90. The Kier molecular flexibility index (Phi) is 4.37. The molecule has 0 atom stereocenters. The van der Waals surface area contributed by atoms with Crippen LogP contribution in [0.25, 0.3) is 6.08 Å². The van der Waals surface area contributed by atoms with Crippen molar-refractivity contribution < 1.29 is 0 Å². The van der Waals surface area contributed by atoms with Crippen LogP contribution in [-0.4, -0.2) is 6.54 Å². The summed E-state index contributed by atoms with van der Waals surface area (Å²) in [6.07, 6.45) is 2.16. The molecule has 0 aromatic heterocycles. The van der Waals surface area contributed by atoms with Crippen LogP contribution in [0.1, 0.15) is 25.0 Å². The molecule has 0 unspecified atom stereocenters. The molecule has 0 heterocycles. The van der Waals surface area contributed by atoms with E-state index in [0.717, 1.165) is 5.02 Å². The molecule has 15 heavy (non-hydrogen) atoms. The minimum atomic E-state index is 0.491. The molecular weight excluding hydrogens is 206 g/mol. The van der Waals surface area contributed by atoms with Crippen LogP contribution in [-0.2, 0) is 0 Å². The molecule has 0 spiro atoms. The molecule has 1 aromatic rings. The van der Waals surface area contributed by atoms with Crippen LogP contribution in [0, 0.1) is 12.8 Å². The number of hydrogen-bond donors (Lipinski definition) is 1. The molecule has 0 radical (unpaired) electrons. The van der Waals surface area contributed by atoms with Gasteiger partial charge < -0.3 is 5.73 Å². The van der Waals surface area contributed by atoms with Crippen molar-refractivity contribution in [2.24, 2.45) is 11.7 Å². The summed E-state index contributed by atoms with van der Waals surface area (Å²) < 4.78 is 0. The molecule has 1 aromatic carbocycles. The van der Waals surface area contributed by atoms with E-state index >= 15 is 0 Å². The SMILES string of the molecule is Cc1cc(Cl)ccc1/C=C(\CN)C(C)C. The Bertz CT molecular complexity index is 367. The Morgan fingerprint density at radius 3 is 2.60 bits per heavy atom. The van der Waals surface area contributed by atoms with Crippen molar-refractivity contribution in [2.75, 3.05) is 6.54 Å². The van der Waals surface area contributed by atoms with Crippen molar-refractivity contribution in [3.05, 3.63) is 39.9 Å². The Hall–Kier alpha value is -0.790. The first kappa shape index (κ1) is 12.3. The van der Waals surface area contributed by atoms with Crippen molar-refractivity contribution in [3.8, 4) is 0 Å². The molecule has 2 heteroatoms. The van der Waals surface area contributed by atoms with Crippen LogP contribution in [0.15, 0.2) is 23.8 Å². The number of hydrogen-bond acceptors (Lipinski definition) is 1. The maximum Gasteiger partial charge on any atom is 0.0409 e. The van der Waals surface area contributed by atoms with Crippen LogP contribution >= 0.6 is 11.6 Å². The van der Waals surface area contributed by atoms with Gasteiger partial charge in [0.25, 0.3) is 0 Å². The van der Waals surface area contributed by atoms with E-state index in [2.05, 4.69) is 26.8 Å². The molecule has 0 amide bonds. The summed E-state index contributed by atoms with van der Waals surface area (Å²) in [7, 11) is 0. The highest BCUT2D eigenvalue weighted by Gasteiger charge is 2.02. The summed E-state index contributed by atoms with van der Waals surface area (Å²) in [6.45, 7) is 6.99. The molecule has 0 aliphatic rings. The molecule has 0 saturated carbocycles. The monoisotopic (exact) mass is 223 g/mol. The van der Waals surface area contributed by atoms with Gasteiger partial charge in [0.2, 0.25) is 0 Å². The van der Waals surface area contributed by atoms with Gasteiger partial charge in [-0.2, -0.15) is 0 Å². The lowest BCUT2D eigenvalue weighted by atomic mass is 9.98. The van der Waals surface area contributed by atoms with Gasteiger partial charge in [-0.1, -0.05) is 43.2 Å². The minimum Gasteiger partial charge on any atom is -0.327 e. The fraction of sp³-hybridized carbons (Fsp3) is 0.385. The third-order valence-corrected chi connectivity index (χ3v) is 2.79. The molecule has 0 aliphatic heterocycles. The number of nitrogens with two attached hydrogens (primary N) is 1. The predicted octanol–water partition coefficient (Wildman–Crippen LogP) is 3.65. The van der Waals surface area contributed by atoms with Gasteiger partial charge in [0.05, 0.1) is 0 Å². The molecular formula is C13H18ClN. The Morgan fingerprint density at radius 2 is 2.13 bits per heavy atom. The van der Waals surface area contributed by atoms with Crippen molar-refractivity contribution >= 4 is 17.7 Å². The van der Waals surface area contributed by atoms with Gasteiger partial charge in [0.1, 0.15) is 0 Å². The van der Waals surface area contributed by atoms with Crippen LogP contribution < -0.4 is 5.73 Å². The second-order valence-electron chi connectivity index (χ2n) is 4.08. The smallest absolute Gasteiger partial charge is 0.0409 e. The van der Waals surface area contributed by atoms with E-state index < -0.39 is 0 Å². The molecule has 0 fully saturated rings. The summed E-state index contributed by atoms with van der Waals surface area (Å²) in [5.41, 5.74) is 9.36. The lowest BCUT2D eigenvalue weighted by molar-refractivity contribution is 0.752. The number of rotatable bonds is 3. The fourth-order valence-electron chi connectivity index (χ4n) is 1.46. The second kappa shape index (κ2) is 5.34. The van der Waals surface area contributed by atoms with Crippen LogP contribution in [0.5, 0.6) is 0 Å². The van der Waals surface area contributed by atoms with Gasteiger partial charge in [-0.3, -0.25) is 0 Å². The number of benzene rings is 1.